The number of carbonyl (C=O) groups is 1. The van der Waals surface area contributed by atoms with Gasteiger partial charge in [-0.3, -0.25) is 4.79 Å². The lowest BCUT2D eigenvalue weighted by atomic mass is 9.63. The molecule has 0 aromatic carbocycles. The molecule has 0 aromatic heterocycles. The predicted octanol–water partition coefficient (Wildman–Crippen LogP) is 2.53. The van der Waals surface area contributed by atoms with Crippen LogP contribution in [0, 0.1) is 17.3 Å². The van der Waals surface area contributed by atoms with Crippen molar-refractivity contribution >= 4 is 5.97 Å². The zero-order valence-electron chi connectivity index (χ0n) is 8.13. The zero-order valence-corrected chi connectivity index (χ0v) is 8.13. The first-order valence-corrected chi connectivity index (χ1v) is 4.69. The van der Waals surface area contributed by atoms with Gasteiger partial charge in [-0.15, -0.1) is 0 Å². The van der Waals surface area contributed by atoms with Crippen molar-refractivity contribution in [2.75, 3.05) is 0 Å². The van der Waals surface area contributed by atoms with Crippen molar-refractivity contribution in [1.82, 2.24) is 0 Å². The number of carboxylic acid groups (broad SMARTS) is 1. The predicted molar refractivity (Wildman–Crippen MR) is 47.9 cm³/mol. The number of carboxylic acids is 1. The van der Waals surface area contributed by atoms with E-state index >= 15 is 0 Å². The molecule has 0 heterocycles. The maximum atomic E-state index is 10.9. The third-order valence-electron chi connectivity index (χ3n) is 3.60. The highest BCUT2D eigenvalue weighted by Crippen LogP contribution is 2.44. The van der Waals surface area contributed by atoms with E-state index < -0.39 is 5.97 Å². The van der Waals surface area contributed by atoms with E-state index in [2.05, 4.69) is 20.8 Å². The van der Waals surface area contributed by atoms with Crippen LogP contribution in [0.15, 0.2) is 0 Å². The summed E-state index contributed by atoms with van der Waals surface area (Å²) in [5, 5.41) is 8.99. The second-order valence-electron chi connectivity index (χ2n) is 4.54. The molecule has 1 N–H and O–H groups in total. The van der Waals surface area contributed by atoms with Crippen molar-refractivity contribution in [1.29, 1.82) is 0 Å². The van der Waals surface area contributed by atoms with Gasteiger partial charge in [0, 0.05) is 0 Å². The minimum Gasteiger partial charge on any atom is -0.481 e. The molecule has 2 unspecified atom stereocenters. The molecule has 1 aliphatic carbocycles. The van der Waals surface area contributed by atoms with E-state index in [0.717, 1.165) is 12.8 Å². The van der Waals surface area contributed by atoms with Crippen LogP contribution in [0.5, 0.6) is 0 Å². The number of hydrogen-bond acceptors (Lipinski definition) is 1. The standard InChI is InChI=1S/C10H18O2/c1-7-5-4-6-8(9(11)12)10(7,2)3/h7-8H,4-6H2,1-3H3,(H,11,12). The molecule has 0 radical (unpaired) electrons. The van der Waals surface area contributed by atoms with Gasteiger partial charge < -0.3 is 5.11 Å². The van der Waals surface area contributed by atoms with E-state index in [9.17, 15) is 4.79 Å². The Morgan fingerprint density at radius 3 is 2.42 bits per heavy atom. The van der Waals surface area contributed by atoms with Gasteiger partial charge in [0.2, 0.25) is 0 Å². The Hall–Kier alpha value is -0.530. The summed E-state index contributed by atoms with van der Waals surface area (Å²) in [6.07, 6.45) is 3.10. The van der Waals surface area contributed by atoms with Crippen LogP contribution in [0.25, 0.3) is 0 Å². The fourth-order valence-electron chi connectivity index (χ4n) is 2.16. The normalized spacial score (nSPS) is 34.6. The molecule has 1 rings (SSSR count). The number of rotatable bonds is 1. The summed E-state index contributed by atoms with van der Waals surface area (Å²) in [6, 6.07) is 0. The molecule has 0 aromatic rings. The summed E-state index contributed by atoms with van der Waals surface area (Å²) >= 11 is 0. The van der Waals surface area contributed by atoms with Gasteiger partial charge in [0.05, 0.1) is 5.92 Å². The van der Waals surface area contributed by atoms with Crippen LogP contribution in [0.1, 0.15) is 40.0 Å². The lowest BCUT2D eigenvalue weighted by molar-refractivity contribution is -0.149. The van der Waals surface area contributed by atoms with Crippen molar-refractivity contribution in [2.24, 2.45) is 17.3 Å². The molecule has 0 amide bonds. The van der Waals surface area contributed by atoms with Gasteiger partial charge in [0.1, 0.15) is 0 Å². The molecule has 0 aliphatic heterocycles. The molecule has 0 saturated heterocycles. The SMILES string of the molecule is CC1CCCC(C(=O)O)C1(C)C. The molecule has 2 nitrogen and oxygen atoms in total. The van der Waals surface area contributed by atoms with Crippen molar-refractivity contribution < 1.29 is 9.90 Å². The fourth-order valence-corrected chi connectivity index (χ4v) is 2.16. The molecule has 2 heteroatoms. The first kappa shape index (κ1) is 9.56. The molecule has 12 heavy (non-hydrogen) atoms. The third kappa shape index (κ3) is 1.47. The molecule has 0 bridgehead atoms. The Balaban J connectivity index is 2.79. The van der Waals surface area contributed by atoms with Gasteiger partial charge in [-0.05, 0) is 17.8 Å². The monoisotopic (exact) mass is 170 g/mol. The van der Waals surface area contributed by atoms with Gasteiger partial charge in [-0.25, -0.2) is 0 Å². The zero-order chi connectivity index (χ0) is 9.35. The second-order valence-corrected chi connectivity index (χ2v) is 4.54. The Labute approximate surface area is 74.0 Å². The molecule has 0 spiro atoms. The highest BCUT2D eigenvalue weighted by molar-refractivity contribution is 5.71. The van der Waals surface area contributed by atoms with Crippen LogP contribution in [0.2, 0.25) is 0 Å². The summed E-state index contributed by atoms with van der Waals surface area (Å²) in [6.45, 7) is 6.32. The van der Waals surface area contributed by atoms with Crippen LogP contribution < -0.4 is 0 Å². The lowest BCUT2D eigenvalue weighted by Crippen LogP contribution is -2.39. The molecular formula is C10H18O2. The topological polar surface area (TPSA) is 37.3 Å². The molecule has 2 atom stereocenters. The van der Waals surface area contributed by atoms with Gasteiger partial charge >= 0.3 is 5.97 Å². The number of aliphatic carboxylic acids is 1. The van der Waals surface area contributed by atoms with Crippen LogP contribution in [0.4, 0.5) is 0 Å². The summed E-state index contributed by atoms with van der Waals surface area (Å²) in [7, 11) is 0. The smallest absolute Gasteiger partial charge is 0.307 e. The first-order valence-electron chi connectivity index (χ1n) is 4.69. The summed E-state index contributed by atoms with van der Waals surface area (Å²) in [5.74, 6) is -0.222. The van der Waals surface area contributed by atoms with E-state index in [1.54, 1.807) is 0 Å². The van der Waals surface area contributed by atoms with E-state index in [1.807, 2.05) is 0 Å². The van der Waals surface area contributed by atoms with Gasteiger partial charge in [0.25, 0.3) is 0 Å². The van der Waals surface area contributed by atoms with Crippen molar-refractivity contribution in [2.45, 2.75) is 40.0 Å². The molecular weight excluding hydrogens is 152 g/mol. The molecule has 1 fully saturated rings. The summed E-state index contributed by atoms with van der Waals surface area (Å²) in [4.78, 5) is 10.9. The highest BCUT2D eigenvalue weighted by atomic mass is 16.4. The molecule has 1 saturated carbocycles. The van der Waals surface area contributed by atoms with Gasteiger partial charge in [-0.2, -0.15) is 0 Å². The highest BCUT2D eigenvalue weighted by Gasteiger charge is 2.41. The first-order chi connectivity index (χ1) is 5.46. The van der Waals surface area contributed by atoms with Gasteiger partial charge in [-0.1, -0.05) is 33.6 Å². The Morgan fingerprint density at radius 2 is 2.00 bits per heavy atom. The maximum absolute atomic E-state index is 10.9. The average Bonchev–Trinajstić information content (AvgIpc) is 1.94. The van der Waals surface area contributed by atoms with Crippen LogP contribution in [-0.2, 0) is 4.79 Å². The molecule has 70 valence electrons. The van der Waals surface area contributed by atoms with Crippen LogP contribution in [0.3, 0.4) is 0 Å². The van der Waals surface area contributed by atoms with Crippen LogP contribution in [-0.4, -0.2) is 11.1 Å². The Bertz CT molecular complexity index is 184. The minimum absolute atomic E-state index is 0.0237. The summed E-state index contributed by atoms with van der Waals surface area (Å²) in [5.41, 5.74) is -0.0237. The lowest BCUT2D eigenvalue weighted by Gasteiger charge is -2.41. The van der Waals surface area contributed by atoms with E-state index in [4.69, 9.17) is 5.11 Å². The quantitative estimate of drug-likeness (QED) is 0.656. The van der Waals surface area contributed by atoms with Crippen molar-refractivity contribution in [3.05, 3.63) is 0 Å². The summed E-state index contributed by atoms with van der Waals surface area (Å²) < 4.78 is 0. The van der Waals surface area contributed by atoms with Gasteiger partial charge in [0.15, 0.2) is 0 Å². The average molecular weight is 170 g/mol. The second kappa shape index (κ2) is 3.08. The van der Waals surface area contributed by atoms with Crippen LogP contribution >= 0.6 is 0 Å². The maximum Gasteiger partial charge on any atom is 0.307 e. The minimum atomic E-state index is -0.619. The Kier molecular flexibility index (Phi) is 2.45. The number of hydrogen-bond donors (Lipinski definition) is 1. The Morgan fingerprint density at radius 1 is 1.42 bits per heavy atom. The largest absolute Gasteiger partial charge is 0.481 e. The van der Waals surface area contributed by atoms with E-state index in [1.165, 1.54) is 6.42 Å². The van der Waals surface area contributed by atoms with E-state index in [-0.39, 0.29) is 11.3 Å². The van der Waals surface area contributed by atoms with Crippen molar-refractivity contribution in [3.63, 3.8) is 0 Å². The fraction of sp³-hybridized carbons (Fsp3) is 0.900. The molecule has 1 aliphatic rings. The van der Waals surface area contributed by atoms with Crippen molar-refractivity contribution in [3.8, 4) is 0 Å². The van der Waals surface area contributed by atoms with E-state index in [0.29, 0.717) is 5.92 Å². The third-order valence-corrected chi connectivity index (χ3v) is 3.60.